The number of amides is 1. The second kappa shape index (κ2) is 9.91. The maximum absolute atomic E-state index is 11.5. The Bertz CT molecular complexity index is 1820. The van der Waals surface area contributed by atoms with Crippen LogP contribution in [0.1, 0.15) is 29.8 Å². The molecule has 0 spiro atoms. The summed E-state index contributed by atoms with van der Waals surface area (Å²) in [6.07, 6.45) is 0. The van der Waals surface area contributed by atoms with Gasteiger partial charge in [0.05, 0.1) is 28.8 Å². The molecule has 0 aliphatic carbocycles. The molecule has 7 rings (SSSR count). The van der Waals surface area contributed by atoms with Crippen molar-refractivity contribution >= 4 is 46.1 Å². The van der Waals surface area contributed by atoms with Gasteiger partial charge in [0, 0.05) is 23.9 Å². The van der Waals surface area contributed by atoms with Crippen molar-refractivity contribution in [2.45, 2.75) is 19.9 Å². The number of aliphatic imine (C=N–C) groups is 2. The number of nitrogens with one attached hydrogen (secondary N) is 2. The fourth-order valence-corrected chi connectivity index (χ4v) is 5.47. The number of benzene rings is 4. The van der Waals surface area contributed by atoms with Crippen LogP contribution < -0.4 is 15.5 Å². The van der Waals surface area contributed by atoms with Crippen LogP contribution in [-0.2, 0) is 4.79 Å². The summed E-state index contributed by atoms with van der Waals surface area (Å²) in [6.45, 7) is 3.55. The summed E-state index contributed by atoms with van der Waals surface area (Å²) in [7, 11) is 0. The van der Waals surface area contributed by atoms with Crippen LogP contribution >= 0.6 is 0 Å². The molecule has 0 fully saturated rings. The van der Waals surface area contributed by atoms with Crippen LogP contribution in [0, 0.1) is 6.92 Å². The number of anilines is 3. The minimum absolute atomic E-state index is 0.112. The topological polar surface area (TPSA) is 86.9 Å². The Morgan fingerprint density at radius 3 is 2.17 bits per heavy atom. The lowest BCUT2D eigenvalue weighted by molar-refractivity contribution is -0.114. The van der Waals surface area contributed by atoms with Gasteiger partial charge in [-0.1, -0.05) is 60.7 Å². The molecule has 1 amide bonds. The molecule has 0 saturated carbocycles. The van der Waals surface area contributed by atoms with Crippen LogP contribution in [0.4, 0.5) is 28.6 Å². The van der Waals surface area contributed by atoms with Crippen LogP contribution in [0.15, 0.2) is 119 Å². The van der Waals surface area contributed by atoms with Crippen molar-refractivity contribution in [2.75, 3.05) is 15.5 Å². The lowest BCUT2D eigenvalue weighted by Gasteiger charge is -2.40. The maximum atomic E-state index is 11.5. The molecular formula is C33H27N7O. The molecule has 0 bridgehead atoms. The molecule has 1 aromatic heterocycles. The normalized spacial score (nSPS) is 15.2. The van der Waals surface area contributed by atoms with Gasteiger partial charge >= 0.3 is 0 Å². The van der Waals surface area contributed by atoms with E-state index >= 15 is 0 Å². The highest BCUT2D eigenvalue weighted by molar-refractivity contribution is 6.51. The van der Waals surface area contributed by atoms with E-state index in [1.54, 1.807) is 0 Å². The smallest absolute Gasteiger partial charge is 0.221 e. The summed E-state index contributed by atoms with van der Waals surface area (Å²) in [5.41, 5.74) is 7.43. The zero-order valence-electron chi connectivity index (χ0n) is 22.6. The molecule has 8 nitrogen and oxygen atoms in total. The Balaban J connectivity index is 1.42. The van der Waals surface area contributed by atoms with Crippen molar-refractivity contribution in [3.8, 4) is 5.69 Å². The third-order valence-electron chi connectivity index (χ3n) is 7.22. The van der Waals surface area contributed by atoms with Crippen LogP contribution in [0.3, 0.4) is 0 Å². The van der Waals surface area contributed by atoms with E-state index in [-0.39, 0.29) is 11.9 Å². The molecule has 5 aromatic rings. The van der Waals surface area contributed by atoms with Gasteiger partial charge in [-0.3, -0.25) is 4.79 Å². The number of aryl methyl sites for hydroxylation is 1. The molecular weight excluding hydrogens is 510 g/mol. The van der Waals surface area contributed by atoms with Crippen LogP contribution in [0.25, 0.3) is 5.69 Å². The molecule has 4 aromatic carbocycles. The average Bonchev–Trinajstić information content (AvgIpc) is 3.33. The van der Waals surface area contributed by atoms with Gasteiger partial charge in [-0.05, 0) is 61.0 Å². The quantitative estimate of drug-likeness (QED) is 0.260. The molecule has 200 valence electrons. The highest BCUT2D eigenvalue weighted by Gasteiger charge is 2.41. The lowest BCUT2D eigenvalue weighted by atomic mass is 9.93. The SMILES string of the molecule is CC(=O)Nc1ccc(NC2=Nc3ccccc3N3C2=Nc2c(c(C)nn2-c2ccccc2)[C@@H]3c2ccccc2)cc1. The number of amidine groups is 2. The second-order valence-corrected chi connectivity index (χ2v) is 10.0. The standard InChI is InChI=1S/C33H27N7O/c1-21-29-30(23-11-5-3-6-12-23)39-28-16-10-9-15-27(28)36-31(35-25-19-17-24(18-20-25)34-22(2)41)33(39)37-32(29)40(38-21)26-13-7-4-8-14-26/h3-20,30H,1-2H3,(H,34,41)(H,35,36)/t30-/m0/s1. The largest absolute Gasteiger partial charge is 0.337 e. The van der Waals surface area contributed by atoms with Crippen molar-refractivity contribution in [3.63, 3.8) is 0 Å². The molecule has 41 heavy (non-hydrogen) atoms. The van der Waals surface area contributed by atoms with E-state index in [0.717, 1.165) is 51.1 Å². The predicted octanol–water partition coefficient (Wildman–Crippen LogP) is 6.93. The molecule has 2 aliphatic rings. The van der Waals surface area contributed by atoms with Gasteiger partial charge < -0.3 is 15.5 Å². The summed E-state index contributed by atoms with van der Waals surface area (Å²) >= 11 is 0. The van der Waals surface area contributed by atoms with Crippen LogP contribution in [0.5, 0.6) is 0 Å². The van der Waals surface area contributed by atoms with E-state index in [9.17, 15) is 4.79 Å². The van der Waals surface area contributed by atoms with Gasteiger partial charge in [-0.2, -0.15) is 5.10 Å². The summed E-state index contributed by atoms with van der Waals surface area (Å²) in [4.78, 5) is 24.1. The van der Waals surface area contributed by atoms with Crippen LogP contribution in [0.2, 0.25) is 0 Å². The van der Waals surface area contributed by atoms with Gasteiger partial charge in [0.15, 0.2) is 17.5 Å². The molecule has 0 saturated heterocycles. The molecule has 3 heterocycles. The van der Waals surface area contributed by atoms with E-state index in [1.165, 1.54) is 6.92 Å². The van der Waals surface area contributed by atoms with Crippen molar-refractivity contribution in [3.05, 3.63) is 126 Å². The Kier molecular flexibility index (Phi) is 5.93. The van der Waals surface area contributed by atoms with Crippen molar-refractivity contribution in [1.82, 2.24) is 9.78 Å². The number of carbonyl (C=O) groups excluding carboxylic acids is 1. The Morgan fingerprint density at radius 2 is 1.44 bits per heavy atom. The van der Waals surface area contributed by atoms with Crippen molar-refractivity contribution in [2.24, 2.45) is 9.98 Å². The number of rotatable bonds is 4. The Labute approximate surface area is 237 Å². The first-order valence-corrected chi connectivity index (χ1v) is 13.5. The van der Waals surface area contributed by atoms with E-state index in [2.05, 4.69) is 52.8 Å². The van der Waals surface area contributed by atoms with Gasteiger partial charge in [-0.25, -0.2) is 14.7 Å². The van der Waals surface area contributed by atoms with Gasteiger partial charge in [-0.15, -0.1) is 0 Å². The number of aromatic nitrogens is 2. The van der Waals surface area contributed by atoms with Gasteiger partial charge in [0.25, 0.3) is 0 Å². The first-order chi connectivity index (χ1) is 20.1. The summed E-state index contributed by atoms with van der Waals surface area (Å²) in [5.74, 6) is 2.00. The minimum Gasteiger partial charge on any atom is -0.337 e. The van der Waals surface area contributed by atoms with E-state index in [1.807, 2.05) is 83.5 Å². The number of carbonyl (C=O) groups is 1. The first kappa shape index (κ1) is 24.5. The van der Waals surface area contributed by atoms with Crippen LogP contribution in [-0.4, -0.2) is 27.4 Å². The van der Waals surface area contributed by atoms with Gasteiger partial charge in [0.2, 0.25) is 5.91 Å². The number of para-hydroxylation sites is 3. The number of fused-ring (bicyclic) bond motifs is 4. The third kappa shape index (κ3) is 4.35. The zero-order chi connectivity index (χ0) is 27.9. The summed E-state index contributed by atoms with van der Waals surface area (Å²) < 4.78 is 1.92. The Hall–Kier alpha value is -5.50. The highest BCUT2D eigenvalue weighted by atomic mass is 16.1. The Morgan fingerprint density at radius 1 is 0.780 bits per heavy atom. The lowest BCUT2D eigenvalue weighted by Crippen LogP contribution is -2.46. The molecule has 1 atom stereocenters. The molecule has 8 heteroatoms. The third-order valence-corrected chi connectivity index (χ3v) is 7.22. The second-order valence-electron chi connectivity index (χ2n) is 10.0. The maximum Gasteiger partial charge on any atom is 0.221 e. The van der Waals surface area contributed by atoms with E-state index in [4.69, 9.17) is 15.1 Å². The summed E-state index contributed by atoms with van der Waals surface area (Å²) in [6, 6.07) is 36.1. The summed E-state index contributed by atoms with van der Waals surface area (Å²) in [5, 5.41) is 11.3. The average molecular weight is 538 g/mol. The molecule has 0 unspecified atom stereocenters. The fourth-order valence-electron chi connectivity index (χ4n) is 5.47. The monoisotopic (exact) mass is 537 g/mol. The van der Waals surface area contributed by atoms with Crippen molar-refractivity contribution in [1.29, 1.82) is 0 Å². The molecule has 0 radical (unpaired) electrons. The minimum atomic E-state index is -0.174. The predicted molar refractivity (Wildman–Crippen MR) is 164 cm³/mol. The molecule has 2 N–H and O–H groups in total. The number of hydrogen-bond acceptors (Lipinski definition) is 6. The number of hydrogen-bond donors (Lipinski definition) is 2. The molecule has 2 aliphatic heterocycles. The first-order valence-electron chi connectivity index (χ1n) is 13.5. The van der Waals surface area contributed by atoms with Crippen molar-refractivity contribution < 1.29 is 4.79 Å². The number of nitrogens with zero attached hydrogens (tertiary/aromatic N) is 5. The highest BCUT2D eigenvalue weighted by Crippen LogP contribution is 2.48. The van der Waals surface area contributed by atoms with E-state index < -0.39 is 0 Å². The fraction of sp³-hybridized carbons (Fsp3) is 0.0909. The zero-order valence-corrected chi connectivity index (χ0v) is 22.6. The van der Waals surface area contributed by atoms with Gasteiger partial charge in [0.1, 0.15) is 0 Å². The van der Waals surface area contributed by atoms with E-state index in [0.29, 0.717) is 11.7 Å².